The average Bonchev–Trinajstić information content (AvgIpc) is 1.95. The number of nitrogens with one attached hydrogen (secondary N) is 1. The molecule has 0 aromatic rings. The van der Waals surface area contributed by atoms with Crippen molar-refractivity contribution in [1.82, 2.24) is 5.32 Å². The van der Waals surface area contributed by atoms with E-state index >= 15 is 0 Å². The molecule has 0 bridgehead atoms. The first kappa shape index (κ1) is 16.0. The molecule has 0 aromatic carbocycles. The Morgan fingerprint density at radius 2 is 1.76 bits per heavy atom. The number of hydrogen-bond donors (Lipinski definition) is 2. The van der Waals surface area contributed by atoms with Gasteiger partial charge < -0.3 is 15.2 Å². The van der Waals surface area contributed by atoms with Gasteiger partial charge >= 0.3 is 12.1 Å². The molecule has 0 aliphatic rings. The number of carboxylic acid groups (broad SMARTS) is 1. The highest BCUT2D eigenvalue weighted by molar-refractivity contribution is 6.76. The van der Waals surface area contributed by atoms with Crippen LogP contribution in [0.1, 0.15) is 20.8 Å². The Bertz CT molecular complexity index is 291. The summed E-state index contributed by atoms with van der Waals surface area (Å²) in [6.45, 7) is 11.4. The normalized spacial score (nSPS) is 14.0. The predicted molar refractivity (Wildman–Crippen MR) is 68.9 cm³/mol. The summed E-state index contributed by atoms with van der Waals surface area (Å²) in [6, 6.07) is -0.377. The molecule has 0 heterocycles. The minimum absolute atomic E-state index is 0.488. The minimum Gasteiger partial charge on any atom is -0.480 e. The number of aliphatic carboxylic acids is 1. The lowest BCUT2D eigenvalue weighted by Gasteiger charge is -2.25. The summed E-state index contributed by atoms with van der Waals surface area (Å²) < 4.78 is 5.03. The molecule has 1 atom stereocenters. The largest absolute Gasteiger partial charge is 0.480 e. The van der Waals surface area contributed by atoms with Crippen LogP contribution in [0.2, 0.25) is 25.7 Å². The number of carbonyl (C=O) groups excluding carboxylic acids is 1. The number of rotatable bonds is 4. The van der Waals surface area contributed by atoms with E-state index in [4.69, 9.17) is 9.84 Å². The van der Waals surface area contributed by atoms with Crippen LogP contribution in [-0.4, -0.2) is 36.9 Å². The number of ether oxygens (including phenoxy) is 1. The van der Waals surface area contributed by atoms with E-state index in [-0.39, 0.29) is 0 Å². The van der Waals surface area contributed by atoms with Gasteiger partial charge in [0.2, 0.25) is 0 Å². The number of carbonyl (C=O) groups is 2. The van der Waals surface area contributed by atoms with Crippen molar-refractivity contribution in [3.05, 3.63) is 0 Å². The van der Waals surface area contributed by atoms with Gasteiger partial charge in [0.15, 0.2) is 0 Å². The first-order valence-corrected chi connectivity index (χ1v) is 9.34. The van der Waals surface area contributed by atoms with E-state index in [9.17, 15) is 9.59 Å². The molecular formula is C11H23NO4Si. The topological polar surface area (TPSA) is 75.6 Å². The van der Waals surface area contributed by atoms with E-state index in [1.54, 1.807) is 20.8 Å². The zero-order valence-corrected chi connectivity index (χ0v) is 12.5. The monoisotopic (exact) mass is 261 g/mol. The predicted octanol–water partition coefficient (Wildman–Crippen LogP) is 2.30. The van der Waals surface area contributed by atoms with Gasteiger partial charge in [-0.05, 0) is 26.8 Å². The van der Waals surface area contributed by atoms with E-state index in [1.165, 1.54) is 0 Å². The maximum Gasteiger partial charge on any atom is 0.408 e. The highest BCUT2D eigenvalue weighted by Crippen LogP contribution is 2.13. The molecule has 0 aromatic heterocycles. The number of amides is 1. The van der Waals surface area contributed by atoms with Crippen molar-refractivity contribution in [2.24, 2.45) is 0 Å². The van der Waals surface area contributed by atoms with Gasteiger partial charge in [0.25, 0.3) is 0 Å². The van der Waals surface area contributed by atoms with Gasteiger partial charge in [-0.1, -0.05) is 19.6 Å². The Hall–Kier alpha value is -1.04. The Labute approximate surface area is 104 Å². The Morgan fingerprint density at radius 1 is 1.29 bits per heavy atom. The highest BCUT2D eigenvalue weighted by Gasteiger charge is 2.28. The van der Waals surface area contributed by atoms with E-state index in [0.717, 1.165) is 0 Å². The van der Waals surface area contributed by atoms with Crippen LogP contribution in [0.5, 0.6) is 0 Å². The highest BCUT2D eigenvalue weighted by atomic mass is 28.3. The lowest BCUT2D eigenvalue weighted by Crippen LogP contribution is -2.46. The maximum absolute atomic E-state index is 11.5. The van der Waals surface area contributed by atoms with E-state index in [1.807, 2.05) is 0 Å². The fourth-order valence-electron chi connectivity index (χ4n) is 1.26. The second-order valence-corrected chi connectivity index (χ2v) is 11.8. The van der Waals surface area contributed by atoms with Crippen molar-refractivity contribution in [2.45, 2.75) is 58.1 Å². The zero-order chi connectivity index (χ0) is 13.9. The van der Waals surface area contributed by atoms with E-state index in [0.29, 0.717) is 6.04 Å². The SMILES string of the molecule is CC(C)(C)OC(=O)NC(C[Si](C)(C)C)C(=O)O. The quantitative estimate of drug-likeness (QED) is 0.761. The maximum atomic E-state index is 11.5. The first-order chi connectivity index (χ1) is 7.41. The Kier molecular flexibility index (Phi) is 5.19. The molecule has 0 saturated heterocycles. The lowest BCUT2D eigenvalue weighted by atomic mass is 10.2. The average molecular weight is 261 g/mol. The molecule has 0 saturated carbocycles. The third-order valence-electron chi connectivity index (χ3n) is 1.81. The van der Waals surface area contributed by atoms with Crippen molar-refractivity contribution < 1.29 is 19.4 Å². The molecule has 0 fully saturated rings. The Morgan fingerprint density at radius 3 is 2.06 bits per heavy atom. The summed E-state index contributed by atoms with van der Waals surface area (Å²) in [5.74, 6) is -1.02. The molecular weight excluding hydrogens is 238 g/mol. The number of carboxylic acids is 1. The first-order valence-electron chi connectivity index (χ1n) is 5.63. The summed E-state index contributed by atoms with van der Waals surface area (Å²) in [6.07, 6.45) is -0.678. The number of hydrogen-bond acceptors (Lipinski definition) is 3. The number of alkyl carbamates (subject to hydrolysis) is 1. The van der Waals surface area contributed by atoms with Gasteiger partial charge in [-0.25, -0.2) is 4.79 Å². The molecule has 0 aliphatic carbocycles. The molecule has 1 amide bonds. The van der Waals surface area contributed by atoms with Crippen LogP contribution in [0, 0.1) is 0 Å². The van der Waals surface area contributed by atoms with Gasteiger partial charge in [0.1, 0.15) is 11.6 Å². The van der Waals surface area contributed by atoms with Crippen LogP contribution < -0.4 is 5.32 Å². The molecule has 0 rings (SSSR count). The van der Waals surface area contributed by atoms with Gasteiger partial charge in [-0.3, -0.25) is 4.79 Å². The van der Waals surface area contributed by atoms with Gasteiger partial charge in [0, 0.05) is 8.07 Å². The third-order valence-corrected chi connectivity index (χ3v) is 3.44. The standard InChI is InChI=1S/C11H23NO4Si/c1-11(2,3)16-10(15)12-8(9(13)14)7-17(4,5)6/h8H,7H2,1-6H3,(H,12,15)(H,13,14). The fraction of sp³-hybridized carbons (Fsp3) is 0.818. The van der Waals surface area contributed by atoms with E-state index in [2.05, 4.69) is 25.0 Å². The molecule has 17 heavy (non-hydrogen) atoms. The summed E-state index contributed by atoms with van der Waals surface area (Å²) in [5.41, 5.74) is -0.619. The second kappa shape index (κ2) is 5.53. The molecule has 1 unspecified atom stereocenters. The van der Waals surface area contributed by atoms with Crippen LogP contribution in [0.3, 0.4) is 0 Å². The molecule has 6 heteroatoms. The van der Waals surface area contributed by atoms with Crippen molar-refractivity contribution in [3.63, 3.8) is 0 Å². The smallest absolute Gasteiger partial charge is 0.408 e. The van der Waals surface area contributed by atoms with Crippen molar-refractivity contribution >= 4 is 20.1 Å². The van der Waals surface area contributed by atoms with Gasteiger partial charge in [-0.2, -0.15) is 0 Å². The van der Waals surface area contributed by atoms with Crippen LogP contribution >= 0.6 is 0 Å². The summed E-state index contributed by atoms with van der Waals surface area (Å²) in [4.78, 5) is 22.5. The van der Waals surface area contributed by atoms with Gasteiger partial charge in [0.05, 0.1) is 0 Å². The molecule has 5 nitrogen and oxygen atoms in total. The van der Waals surface area contributed by atoms with Crippen molar-refractivity contribution in [1.29, 1.82) is 0 Å². The zero-order valence-electron chi connectivity index (χ0n) is 11.5. The van der Waals surface area contributed by atoms with E-state index < -0.39 is 31.8 Å². The molecule has 2 N–H and O–H groups in total. The molecule has 0 spiro atoms. The summed E-state index contributed by atoms with van der Waals surface area (Å²) in [7, 11) is -1.56. The second-order valence-electron chi connectivity index (χ2n) is 6.30. The molecule has 100 valence electrons. The Balaban J connectivity index is 4.47. The summed E-state index contributed by atoms with van der Waals surface area (Å²) >= 11 is 0. The molecule has 0 aliphatic heterocycles. The van der Waals surface area contributed by atoms with Crippen molar-refractivity contribution in [2.75, 3.05) is 0 Å². The lowest BCUT2D eigenvalue weighted by molar-refractivity contribution is -0.139. The van der Waals surface area contributed by atoms with Crippen molar-refractivity contribution in [3.8, 4) is 0 Å². The minimum atomic E-state index is -1.56. The summed E-state index contributed by atoms with van der Waals surface area (Å²) in [5, 5.41) is 11.4. The van der Waals surface area contributed by atoms with Gasteiger partial charge in [-0.15, -0.1) is 0 Å². The van der Waals surface area contributed by atoms with Crippen LogP contribution in [0.25, 0.3) is 0 Å². The molecule has 0 radical (unpaired) electrons. The van der Waals surface area contributed by atoms with Crippen LogP contribution in [-0.2, 0) is 9.53 Å². The van der Waals surface area contributed by atoms with Crippen LogP contribution in [0.15, 0.2) is 0 Å². The fourth-order valence-corrected chi connectivity index (χ4v) is 2.76. The third kappa shape index (κ3) is 8.73. The van der Waals surface area contributed by atoms with Crippen LogP contribution in [0.4, 0.5) is 4.79 Å².